The van der Waals surface area contributed by atoms with E-state index in [1.165, 1.54) is 6.39 Å². The number of hydrogen-bond acceptors (Lipinski definition) is 5. The van der Waals surface area contributed by atoms with E-state index in [0.717, 1.165) is 17.0 Å². The van der Waals surface area contributed by atoms with Crippen molar-refractivity contribution in [2.24, 2.45) is 5.73 Å². The second-order valence-corrected chi connectivity index (χ2v) is 5.31. The number of anilines is 1. The van der Waals surface area contributed by atoms with E-state index in [1.54, 1.807) is 18.0 Å². The van der Waals surface area contributed by atoms with Crippen LogP contribution in [0.4, 0.5) is 5.69 Å². The molecule has 0 bridgehead atoms. The first-order valence-electron chi connectivity index (χ1n) is 6.25. The highest BCUT2D eigenvalue weighted by Gasteiger charge is 2.13. The van der Waals surface area contributed by atoms with Gasteiger partial charge in [0.05, 0.1) is 12.2 Å². The van der Waals surface area contributed by atoms with Gasteiger partial charge in [-0.1, -0.05) is 0 Å². The largest absolute Gasteiger partial charge is 0.444 e. The second kappa shape index (κ2) is 7.12. The summed E-state index contributed by atoms with van der Waals surface area (Å²) in [6.07, 6.45) is 5.69. The number of hydrogen-bond donors (Lipinski definition) is 2. The summed E-state index contributed by atoms with van der Waals surface area (Å²) in [4.78, 5) is 15.7. The molecule has 0 saturated heterocycles. The quantitative estimate of drug-likeness (QED) is 0.854. The van der Waals surface area contributed by atoms with Gasteiger partial charge in [0.1, 0.15) is 0 Å². The fraction of sp³-hybridized carbons (Fsp3) is 0.286. The van der Waals surface area contributed by atoms with Crippen molar-refractivity contribution in [1.29, 1.82) is 0 Å². The van der Waals surface area contributed by atoms with Gasteiger partial charge in [-0.25, -0.2) is 4.98 Å². The average Bonchev–Trinajstić information content (AvgIpc) is 2.99. The van der Waals surface area contributed by atoms with Gasteiger partial charge in [-0.05, 0) is 42.7 Å². The molecule has 0 aliphatic rings. The molecule has 20 heavy (non-hydrogen) atoms. The van der Waals surface area contributed by atoms with E-state index in [4.69, 9.17) is 10.2 Å². The molecule has 1 amide bonds. The first kappa shape index (κ1) is 14.6. The van der Waals surface area contributed by atoms with Crippen LogP contribution in [0, 0.1) is 0 Å². The molecule has 0 radical (unpaired) electrons. The van der Waals surface area contributed by atoms with Crippen molar-refractivity contribution in [2.75, 3.05) is 17.3 Å². The van der Waals surface area contributed by atoms with Gasteiger partial charge in [-0.3, -0.25) is 4.79 Å². The van der Waals surface area contributed by atoms with Gasteiger partial charge >= 0.3 is 0 Å². The number of aromatic nitrogens is 1. The predicted octanol–water partition coefficient (Wildman–Crippen LogP) is 2.36. The lowest BCUT2D eigenvalue weighted by molar-refractivity contribution is -0.117. The van der Waals surface area contributed by atoms with Crippen LogP contribution in [-0.2, 0) is 4.79 Å². The molecule has 0 saturated carbocycles. The molecule has 0 aliphatic carbocycles. The van der Waals surface area contributed by atoms with E-state index in [-0.39, 0.29) is 5.91 Å². The zero-order valence-corrected chi connectivity index (χ0v) is 12.0. The molecule has 0 aliphatic heterocycles. The molecule has 0 fully saturated rings. The molecule has 6 heteroatoms. The van der Waals surface area contributed by atoms with Crippen LogP contribution in [0.5, 0.6) is 0 Å². The summed E-state index contributed by atoms with van der Waals surface area (Å²) < 4.78 is 5.20. The molecular weight excluding hydrogens is 274 g/mol. The molecule has 1 aromatic heterocycles. The van der Waals surface area contributed by atoms with Crippen LogP contribution in [0.15, 0.2) is 41.3 Å². The second-order valence-electron chi connectivity index (χ2n) is 4.32. The third-order valence-corrected chi connectivity index (χ3v) is 3.48. The number of benzene rings is 1. The number of thioether (sulfide) groups is 1. The van der Waals surface area contributed by atoms with Crippen molar-refractivity contribution in [3.8, 4) is 11.3 Å². The fourth-order valence-corrected chi connectivity index (χ4v) is 2.18. The standard InChI is InChI=1S/C14H17N3O2S/c1-20-7-6-12(15)14(18)17-11-4-2-10(3-5-11)13-8-16-9-19-13/h2-5,8-9,12H,6-7,15H2,1H3,(H,17,18)/t12-/m1/s1. The summed E-state index contributed by atoms with van der Waals surface area (Å²) in [5, 5.41) is 2.80. The third kappa shape index (κ3) is 3.85. The van der Waals surface area contributed by atoms with Crippen molar-refractivity contribution >= 4 is 23.4 Å². The molecule has 1 heterocycles. The Morgan fingerprint density at radius 2 is 2.20 bits per heavy atom. The van der Waals surface area contributed by atoms with Crippen LogP contribution >= 0.6 is 11.8 Å². The van der Waals surface area contributed by atoms with E-state index >= 15 is 0 Å². The highest BCUT2D eigenvalue weighted by molar-refractivity contribution is 7.98. The number of rotatable bonds is 6. The Labute approximate surface area is 122 Å². The number of oxazole rings is 1. The molecule has 0 spiro atoms. The third-order valence-electron chi connectivity index (χ3n) is 2.84. The maximum atomic E-state index is 11.9. The van der Waals surface area contributed by atoms with Crippen LogP contribution < -0.4 is 11.1 Å². The Morgan fingerprint density at radius 1 is 1.45 bits per heavy atom. The van der Waals surface area contributed by atoms with Gasteiger partial charge in [-0.2, -0.15) is 11.8 Å². The number of carbonyl (C=O) groups is 1. The van der Waals surface area contributed by atoms with E-state index in [1.807, 2.05) is 30.5 Å². The molecule has 0 unspecified atom stereocenters. The first-order chi connectivity index (χ1) is 9.70. The summed E-state index contributed by atoms with van der Waals surface area (Å²) >= 11 is 1.68. The molecule has 3 N–H and O–H groups in total. The van der Waals surface area contributed by atoms with Gasteiger partial charge in [0, 0.05) is 11.3 Å². The lowest BCUT2D eigenvalue weighted by Crippen LogP contribution is -2.36. The molecule has 5 nitrogen and oxygen atoms in total. The normalized spacial score (nSPS) is 12.1. The maximum absolute atomic E-state index is 11.9. The minimum atomic E-state index is -0.476. The van der Waals surface area contributed by atoms with Crippen LogP contribution in [0.1, 0.15) is 6.42 Å². The van der Waals surface area contributed by atoms with Crippen LogP contribution in [-0.4, -0.2) is 28.9 Å². The molecule has 2 rings (SSSR count). The zero-order chi connectivity index (χ0) is 14.4. The summed E-state index contributed by atoms with van der Waals surface area (Å²) in [5.74, 6) is 1.41. The number of nitrogens with one attached hydrogen (secondary N) is 1. The Hall–Kier alpha value is -1.79. The van der Waals surface area contributed by atoms with Crippen molar-refractivity contribution < 1.29 is 9.21 Å². The Balaban J connectivity index is 1.95. The Bertz CT molecular complexity index is 540. The molecular formula is C14H17N3O2S. The number of nitrogens with zero attached hydrogens (tertiary/aromatic N) is 1. The number of amides is 1. The van der Waals surface area contributed by atoms with Crippen LogP contribution in [0.2, 0.25) is 0 Å². The lowest BCUT2D eigenvalue weighted by Gasteiger charge is -2.11. The van der Waals surface area contributed by atoms with Crippen molar-refractivity contribution in [3.05, 3.63) is 36.9 Å². The maximum Gasteiger partial charge on any atom is 0.241 e. The fourth-order valence-electron chi connectivity index (χ4n) is 1.69. The van der Waals surface area contributed by atoms with Crippen molar-refractivity contribution in [2.45, 2.75) is 12.5 Å². The minimum Gasteiger partial charge on any atom is -0.444 e. The van der Waals surface area contributed by atoms with E-state index in [9.17, 15) is 4.79 Å². The van der Waals surface area contributed by atoms with Gasteiger partial charge in [0.25, 0.3) is 0 Å². The summed E-state index contributed by atoms with van der Waals surface area (Å²) in [5.41, 5.74) is 7.44. The first-order valence-corrected chi connectivity index (χ1v) is 7.64. The summed E-state index contributed by atoms with van der Waals surface area (Å²) in [6, 6.07) is 6.89. The highest BCUT2D eigenvalue weighted by Crippen LogP contribution is 2.20. The summed E-state index contributed by atoms with van der Waals surface area (Å²) in [6.45, 7) is 0. The van der Waals surface area contributed by atoms with Gasteiger partial charge in [0.15, 0.2) is 12.2 Å². The minimum absolute atomic E-state index is 0.161. The Morgan fingerprint density at radius 3 is 2.80 bits per heavy atom. The molecule has 1 aromatic carbocycles. The van der Waals surface area contributed by atoms with Crippen LogP contribution in [0.3, 0.4) is 0 Å². The van der Waals surface area contributed by atoms with Gasteiger partial charge in [-0.15, -0.1) is 0 Å². The van der Waals surface area contributed by atoms with E-state index in [2.05, 4.69) is 10.3 Å². The summed E-state index contributed by atoms with van der Waals surface area (Å²) in [7, 11) is 0. The number of nitrogens with two attached hydrogens (primary N) is 1. The van der Waals surface area contributed by atoms with Gasteiger partial charge < -0.3 is 15.5 Å². The van der Waals surface area contributed by atoms with Crippen LogP contribution in [0.25, 0.3) is 11.3 Å². The van der Waals surface area contributed by atoms with Crippen molar-refractivity contribution in [3.63, 3.8) is 0 Å². The number of carbonyl (C=O) groups excluding carboxylic acids is 1. The average molecular weight is 291 g/mol. The van der Waals surface area contributed by atoms with Crippen molar-refractivity contribution in [1.82, 2.24) is 4.98 Å². The lowest BCUT2D eigenvalue weighted by atomic mass is 10.1. The van der Waals surface area contributed by atoms with E-state index in [0.29, 0.717) is 12.2 Å². The molecule has 1 atom stereocenters. The smallest absolute Gasteiger partial charge is 0.241 e. The molecule has 2 aromatic rings. The molecule has 106 valence electrons. The van der Waals surface area contributed by atoms with Gasteiger partial charge in [0.2, 0.25) is 5.91 Å². The highest BCUT2D eigenvalue weighted by atomic mass is 32.2. The SMILES string of the molecule is CSCC[C@@H](N)C(=O)Nc1ccc(-c2cnco2)cc1. The van der Waals surface area contributed by atoms with E-state index < -0.39 is 6.04 Å². The zero-order valence-electron chi connectivity index (χ0n) is 11.2. The topological polar surface area (TPSA) is 81.2 Å². The Kier molecular flexibility index (Phi) is 5.20. The monoisotopic (exact) mass is 291 g/mol. The predicted molar refractivity (Wildman–Crippen MR) is 81.5 cm³/mol.